The number of fused-ring (bicyclic) bond motifs is 1. The van der Waals surface area contributed by atoms with Gasteiger partial charge in [-0.15, -0.1) is 0 Å². The molecular weight excluding hydrogens is 188 g/mol. The van der Waals surface area contributed by atoms with Crippen LogP contribution in [0.4, 0.5) is 5.95 Å². The van der Waals surface area contributed by atoms with Crippen molar-refractivity contribution in [1.29, 1.82) is 0 Å². The number of hydrogen-bond acceptors (Lipinski definition) is 3. The third-order valence-corrected chi connectivity index (χ3v) is 3.61. The Balaban J connectivity index is 1.92. The van der Waals surface area contributed by atoms with Gasteiger partial charge in [-0.1, -0.05) is 6.42 Å². The molecule has 1 aliphatic heterocycles. The smallest absolute Gasteiger partial charge is 0.221 e. The zero-order chi connectivity index (χ0) is 10.4. The SMILES string of the molecule is CC1CC(C)n2nc(C3CCC3)nc2N1. The summed E-state index contributed by atoms with van der Waals surface area (Å²) in [6, 6.07) is 1.00. The third-order valence-electron chi connectivity index (χ3n) is 3.61. The number of rotatable bonds is 1. The maximum atomic E-state index is 4.63. The standard InChI is InChI=1S/C11H18N4/c1-7-6-8(2)15-11(12-7)13-10(14-15)9-4-3-5-9/h7-9H,3-6H2,1-2H3,(H,12,13,14). The lowest BCUT2D eigenvalue weighted by atomic mass is 9.85. The summed E-state index contributed by atoms with van der Waals surface area (Å²) in [5, 5.41) is 8.03. The molecule has 0 saturated heterocycles. The number of hydrogen-bond donors (Lipinski definition) is 1. The molecule has 0 amide bonds. The van der Waals surface area contributed by atoms with Crippen molar-refractivity contribution in [1.82, 2.24) is 14.8 Å². The quantitative estimate of drug-likeness (QED) is 0.766. The van der Waals surface area contributed by atoms with Crippen molar-refractivity contribution in [2.75, 3.05) is 5.32 Å². The number of nitrogens with zero attached hydrogens (tertiary/aromatic N) is 3. The lowest BCUT2D eigenvalue weighted by Crippen LogP contribution is -2.29. The van der Waals surface area contributed by atoms with E-state index in [9.17, 15) is 0 Å². The molecule has 1 aliphatic carbocycles. The minimum atomic E-state index is 0.484. The molecule has 0 bridgehead atoms. The van der Waals surface area contributed by atoms with Crippen LogP contribution in [0.25, 0.3) is 0 Å². The molecule has 82 valence electrons. The van der Waals surface area contributed by atoms with Crippen LogP contribution < -0.4 is 5.32 Å². The van der Waals surface area contributed by atoms with Crippen LogP contribution >= 0.6 is 0 Å². The van der Waals surface area contributed by atoms with Gasteiger partial charge >= 0.3 is 0 Å². The molecule has 1 aromatic rings. The molecule has 1 N–H and O–H groups in total. The predicted octanol–water partition coefficient (Wildman–Crippen LogP) is 2.31. The molecule has 15 heavy (non-hydrogen) atoms. The molecular formula is C11H18N4. The summed E-state index contributed by atoms with van der Waals surface area (Å²) in [5.41, 5.74) is 0. The van der Waals surface area contributed by atoms with Gasteiger partial charge < -0.3 is 5.32 Å². The summed E-state index contributed by atoms with van der Waals surface area (Å²) in [5.74, 6) is 2.67. The molecule has 4 nitrogen and oxygen atoms in total. The first-order chi connectivity index (χ1) is 7.24. The van der Waals surface area contributed by atoms with E-state index >= 15 is 0 Å². The van der Waals surface area contributed by atoms with Crippen LogP contribution in [-0.2, 0) is 0 Å². The average Bonchev–Trinajstić information content (AvgIpc) is 2.44. The molecule has 0 spiro atoms. The normalized spacial score (nSPS) is 30.5. The van der Waals surface area contributed by atoms with Gasteiger partial charge in [-0.3, -0.25) is 0 Å². The highest BCUT2D eigenvalue weighted by atomic mass is 15.4. The fraction of sp³-hybridized carbons (Fsp3) is 0.818. The van der Waals surface area contributed by atoms with Crippen molar-refractivity contribution in [3.8, 4) is 0 Å². The second-order valence-electron chi connectivity index (χ2n) is 5.00. The molecule has 2 heterocycles. The Morgan fingerprint density at radius 1 is 1.33 bits per heavy atom. The summed E-state index contributed by atoms with van der Waals surface area (Å²) >= 11 is 0. The Kier molecular flexibility index (Phi) is 1.97. The molecule has 1 fully saturated rings. The zero-order valence-electron chi connectivity index (χ0n) is 9.40. The number of anilines is 1. The van der Waals surface area contributed by atoms with Crippen molar-refractivity contribution >= 4 is 5.95 Å². The van der Waals surface area contributed by atoms with E-state index in [4.69, 9.17) is 0 Å². The van der Waals surface area contributed by atoms with Crippen molar-refractivity contribution in [3.63, 3.8) is 0 Å². The monoisotopic (exact) mass is 206 g/mol. The molecule has 2 atom stereocenters. The van der Waals surface area contributed by atoms with E-state index in [0.29, 0.717) is 18.0 Å². The van der Waals surface area contributed by atoms with Crippen molar-refractivity contribution < 1.29 is 0 Å². The zero-order valence-corrected chi connectivity index (χ0v) is 9.40. The van der Waals surface area contributed by atoms with Crippen LogP contribution in [0.1, 0.15) is 57.3 Å². The molecule has 1 aromatic heterocycles. The molecule has 3 rings (SSSR count). The minimum Gasteiger partial charge on any atom is -0.352 e. The summed E-state index contributed by atoms with van der Waals surface area (Å²) in [7, 11) is 0. The summed E-state index contributed by atoms with van der Waals surface area (Å²) in [6.07, 6.45) is 5.02. The van der Waals surface area contributed by atoms with Crippen LogP contribution in [0.3, 0.4) is 0 Å². The van der Waals surface area contributed by atoms with E-state index in [-0.39, 0.29) is 0 Å². The maximum Gasteiger partial charge on any atom is 0.221 e. The van der Waals surface area contributed by atoms with E-state index in [2.05, 4.69) is 33.9 Å². The summed E-state index contributed by atoms with van der Waals surface area (Å²) in [4.78, 5) is 4.61. The second-order valence-corrected chi connectivity index (χ2v) is 5.00. The maximum absolute atomic E-state index is 4.63. The first-order valence-electron chi connectivity index (χ1n) is 5.97. The van der Waals surface area contributed by atoms with Gasteiger partial charge in [0, 0.05) is 12.0 Å². The largest absolute Gasteiger partial charge is 0.352 e. The van der Waals surface area contributed by atoms with Gasteiger partial charge in [0.2, 0.25) is 5.95 Å². The van der Waals surface area contributed by atoms with Crippen LogP contribution in [0.5, 0.6) is 0 Å². The Hall–Kier alpha value is -1.06. The van der Waals surface area contributed by atoms with Crippen LogP contribution in [0.15, 0.2) is 0 Å². The average molecular weight is 206 g/mol. The Morgan fingerprint density at radius 3 is 2.80 bits per heavy atom. The first kappa shape index (κ1) is 9.19. The van der Waals surface area contributed by atoms with E-state index in [1.807, 2.05) is 0 Å². The van der Waals surface area contributed by atoms with Crippen molar-refractivity contribution in [2.24, 2.45) is 0 Å². The van der Waals surface area contributed by atoms with E-state index in [1.54, 1.807) is 0 Å². The van der Waals surface area contributed by atoms with Gasteiger partial charge in [-0.25, -0.2) is 4.68 Å². The van der Waals surface area contributed by atoms with Crippen LogP contribution in [0, 0.1) is 0 Å². The fourth-order valence-electron chi connectivity index (χ4n) is 2.48. The Labute approximate surface area is 90.1 Å². The molecule has 0 aromatic carbocycles. The minimum absolute atomic E-state index is 0.484. The summed E-state index contributed by atoms with van der Waals surface area (Å²) in [6.45, 7) is 4.43. The molecule has 0 radical (unpaired) electrons. The number of nitrogens with one attached hydrogen (secondary N) is 1. The lowest BCUT2D eigenvalue weighted by Gasteiger charge is -2.26. The third kappa shape index (κ3) is 1.43. The Morgan fingerprint density at radius 2 is 2.13 bits per heavy atom. The van der Waals surface area contributed by atoms with Crippen molar-refractivity contribution in [2.45, 2.75) is 57.5 Å². The molecule has 4 heteroatoms. The van der Waals surface area contributed by atoms with Crippen LogP contribution in [-0.4, -0.2) is 20.8 Å². The van der Waals surface area contributed by atoms with Gasteiger partial charge in [0.1, 0.15) is 0 Å². The van der Waals surface area contributed by atoms with Gasteiger partial charge in [0.05, 0.1) is 6.04 Å². The fourth-order valence-corrected chi connectivity index (χ4v) is 2.48. The van der Waals surface area contributed by atoms with E-state index in [1.165, 1.54) is 19.3 Å². The lowest BCUT2D eigenvalue weighted by molar-refractivity contribution is 0.382. The van der Waals surface area contributed by atoms with Gasteiger partial charge in [-0.05, 0) is 33.1 Å². The first-order valence-corrected chi connectivity index (χ1v) is 5.97. The molecule has 2 unspecified atom stereocenters. The van der Waals surface area contributed by atoms with Gasteiger partial charge in [-0.2, -0.15) is 10.1 Å². The van der Waals surface area contributed by atoms with Crippen LogP contribution in [0.2, 0.25) is 0 Å². The highest BCUT2D eigenvalue weighted by molar-refractivity contribution is 5.30. The van der Waals surface area contributed by atoms with E-state index < -0.39 is 0 Å². The van der Waals surface area contributed by atoms with Gasteiger partial charge in [0.15, 0.2) is 5.82 Å². The summed E-state index contributed by atoms with van der Waals surface area (Å²) < 4.78 is 2.06. The van der Waals surface area contributed by atoms with Gasteiger partial charge in [0.25, 0.3) is 0 Å². The topological polar surface area (TPSA) is 42.7 Å². The molecule has 1 saturated carbocycles. The Bertz CT molecular complexity index is 367. The molecule has 2 aliphatic rings. The van der Waals surface area contributed by atoms with E-state index in [0.717, 1.165) is 18.2 Å². The predicted molar refractivity (Wildman–Crippen MR) is 59.0 cm³/mol. The highest BCUT2D eigenvalue weighted by Crippen LogP contribution is 2.36. The highest BCUT2D eigenvalue weighted by Gasteiger charge is 2.28. The second kappa shape index (κ2) is 3.22. The van der Waals surface area contributed by atoms with Crippen molar-refractivity contribution in [3.05, 3.63) is 5.82 Å². The number of aromatic nitrogens is 3.